The lowest BCUT2D eigenvalue weighted by atomic mass is 9.88. The van der Waals surface area contributed by atoms with Crippen LogP contribution >= 0.6 is 0 Å². The maximum absolute atomic E-state index is 11.1. The Kier molecular flexibility index (Phi) is 6.08. The van der Waals surface area contributed by atoms with Crippen molar-refractivity contribution in [2.24, 2.45) is 0 Å². The van der Waals surface area contributed by atoms with Crippen molar-refractivity contribution < 1.29 is 24.1 Å². The quantitative estimate of drug-likeness (QED) is 0.701. The fraction of sp³-hybridized carbons (Fsp3) is 0.417. The second-order valence-corrected chi connectivity index (χ2v) is 7.75. The number of aliphatic hydroxyl groups excluding tert-OH is 1. The van der Waals surface area contributed by atoms with Crippen LogP contribution in [-0.4, -0.2) is 31.5 Å². The van der Waals surface area contributed by atoms with Gasteiger partial charge in [0.1, 0.15) is 17.1 Å². The molecule has 2 atom stereocenters. The minimum atomic E-state index is -0.721. The molecule has 0 radical (unpaired) electrons. The minimum Gasteiger partial charge on any atom is -0.493 e. The van der Waals surface area contributed by atoms with E-state index in [0.29, 0.717) is 23.9 Å². The summed E-state index contributed by atoms with van der Waals surface area (Å²) in [7, 11) is 3.19. The molecule has 0 aromatic heterocycles. The highest BCUT2D eigenvalue weighted by molar-refractivity contribution is 5.62. The first-order valence-corrected chi connectivity index (χ1v) is 9.88. The van der Waals surface area contributed by atoms with Crippen LogP contribution in [-0.2, 0) is 0 Å². The summed E-state index contributed by atoms with van der Waals surface area (Å²) in [5.74, 6) is 2.48. The van der Waals surface area contributed by atoms with Gasteiger partial charge in [0.05, 0.1) is 26.9 Å². The van der Waals surface area contributed by atoms with Crippen molar-refractivity contribution >= 4 is 6.08 Å². The Morgan fingerprint density at radius 3 is 2.38 bits per heavy atom. The van der Waals surface area contributed by atoms with Gasteiger partial charge in [0.2, 0.25) is 0 Å². The molecule has 5 nitrogen and oxygen atoms in total. The molecule has 2 unspecified atom stereocenters. The van der Waals surface area contributed by atoms with Gasteiger partial charge in [-0.1, -0.05) is 19.1 Å². The summed E-state index contributed by atoms with van der Waals surface area (Å²) >= 11 is 0. The Morgan fingerprint density at radius 1 is 1.03 bits per heavy atom. The van der Waals surface area contributed by atoms with Gasteiger partial charge in [-0.2, -0.15) is 0 Å². The van der Waals surface area contributed by atoms with Crippen LogP contribution in [0.5, 0.6) is 23.0 Å². The molecule has 0 saturated carbocycles. The third-order valence-corrected chi connectivity index (χ3v) is 5.19. The highest BCUT2D eigenvalue weighted by Crippen LogP contribution is 2.43. The fourth-order valence-electron chi connectivity index (χ4n) is 3.55. The lowest BCUT2D eigenvalue weighted by Crippen LogP contribution is -2.27. The van der Waals surface area contributed by atoms with Gasteiger partial charge in [0, 0.05) is 23.1 Å². The van der Waals surface area contributed by atoms with Gasteiger partial charge >= 0.3 is 0 Å². The molecule has 0 saturated heterocycles. The third kappa shape index (κ3) is 4.35. The van der Waals surface area contributed by atoms with Gasteiger partial charge in [-0.25, -0.2) is 0 Å². The molecule has 0 amide bonds. The number of rotatable bonds is 7. The zero-order chi connectivity index (χ0) is 21.2. The number of ether oxygens (including phenoxy) is 4. The standard InChI is InChI=1S/C24H30O5/c1-7-28-20-14-22(27-6)21(26-5)13-18(20)15(2)23(25)17-8-9-19-16(12-17)10-11-24(3,4)29-19/h8-15,23,25H,7H2,1-6H3. The second kappa shape index (κ2) is 8.37. The number of hydrogen-bond acceptors (Lipinski definition) is 5. The van der Waals surface area contributed by atoms with E-state index in [1.807, 2.05) is 70.2 Å². The van der Waals surface area contributed by atoms with E-state index in [-0.39, 0.29) is 11.5 Å². The van der Waals surface area contributed by atoms with Crippen LogP contribution in [0.1, 0.15) is 56.4 Å². The van der Waals surface area contributed by atoms with E-state index in [1.165, 1.54) is 0 Å². The molecule has 156 valence electrons. The SMILES string of the molecule is CCOc1cc(OC)c(OC)cc1C(C)C(O)c1ccc2c(c1)C=CC(C)(C)O2. The lowest BCUT2D eigenvalue weighted by molar-refractivity contribution is 0.147. The topological polar surface area (TPSA) is 57.2 Å². The zero-order valence-corrected chi connectivity index (χ0v) is 18.0. The molecular formula is C24H30O5. The molecular weight excluding hydrogens is 368 g/mol. The van der Waals surface area contributed by atoms with Gasteiger partial charge in [-0.3, -0.25) is 0 Å². The summed E-state index contributed by atoms with van der Waals surface area (Å²) in [6, 6.07) is 9.50. The molecule has 29 heavy (non-hydrogen) atoms. The first kappa shape index (κ1) is 21.1. The summed E-state index contributed by atoms with van der Waals surface area (Å²) in [6.07, 6.45) is 3.35. The monoisotopic (exact) mass is 398 g/mol. The summed E-state index contributed by atoms with van der Waals surface area (Å²) in [5.41, 5.74) is 2.32. The van der Waals surface area contributed by atoms with Crippen LogP contribution < -0.4 is 18.9 Å². The Labute approximate surface area is 172 Å². The average molecular weight is 398 g/mol. The van der Waals surface area contributed by atoms with Gasteiger partial charge in [0.25, 0.3) is 0 Å². The summed E-state index contributed by atoms with van der Waals surface area (Å²) in [6.45, 7) is 8.46. The number of methoxy groups -OCH3 is 2. The summed E-state index contributed by atoms with van der Waals surface area (Å²) in [4.78, 5) is 0. The van der Waals surface area contributed by atoms with Crippen LogP contribution in [0.3, 0.4) is 0 Å². The number of fused-ring (bicyclic) bond motifs is 1. The van der Waals surface area contributed by atoms with Crippen LogP contribution in [0.15, 0.2) is 36.4 Å². The van der Waals surface area contributed by atoms with Gasteiger partial charge in [-0.15, -0.1) is 0 Å². The first-order chi connectivity index (χ1) is 13.8. The summed E-state index contributed by atoms with van der Waals surface area (Å²) in [5, 5.41) is 11.1. The normalized spacial score (nSPS) is 16.4. The van der Waals surface area contributed by atoms with Crippen molar-refractivity contribution in [3.8, 4) is 23.0 Å². The van der Waals surface area contributed by atoms with E-state index in [1.54, 1.807) is 14.2 Å². The van der Waals surface area contributed by atoms with Crippen molar-refractivity contribution in [2.45, 2.75) is 45.3 Å². The molecule has 0 spiro atoms. The number of hydrogen-bond donors (Lipinski definition) is 1. The van der Waals surface area contributed by atoms with Crippen molar-refractivity contribution in [2.75, 3.05) is 20.8 Å². The third-order valence-electron chi connectivity index (χ3n) is 5.19. The minimum absolute atomic E-state index is 0.223. The van der Waals surface area contributed by atoms with Crippen LogP contribution in [0.2, 0.25) is 0 Å². The Morgan fingerprint density at radius 2 is 1.72 bits per heavy atom. The molecule has 0 fully saturated rings. The molecule has 1 heterocycles. The predicted octanol–water partition coefficient (Wildman–Crippen LogP) is 5.12. The number of benzene rings is 2. The van der Waals surface area contributed by atoms with Crippen LogP contribution in [0.25, 0.3) is 6.08 Å². The van der Waals surface area contributed by atoms with Crippen molar-refractivity contribution in [1.29, 1.82) is 0 Å². The molecule has 0 aliphatic carbocycles. The van der Waals surface area contributed by atoms with E-state index < -0.39 is 6.10 Å². The molecule has 0 bridgehead atoms. The van der Waals surface area contributed by atoms with E-state index in [9.17, 15) is 5.11 Å². The van der Waals surface area contributed by atoms with Crippen LogP contribution in [0, 0.1) is 0 Å². The molecule has 1 aliphatic rings. The van der Waals surface area contributed by atoms with Crippen molar-refractivity contribution in [1.82, 2.24) is 0 Å². The maximum Gasteiger partial charge on any atom is 0.164 e. The largest absolute Gasteiger partial charge is 0.493 e. The molecule has 3 rings (SSSR count). The predicted molar refractivity (Wildman–Crippen MR) is 114 cm³/mol. The van der Waals surface area contributed by atoms with Gasteiger partial charge < -0.3 is 24.1 Å². The highest BCUT2D eigenvalue weighted by Gasteiger charge is 2.26. The van der Waals surface area contributed by atoms with E-state index in [0.717, 1.165) is 22.4 Å². The zero-order valence-electron chi connectivity index (χ0n) is 18.0. The lowest BCUT2D eigenvalue weighted by Gasteiger charge is -2.29. The van der Waals surface area contributed by atoms with E-state index in [4.69, 9.17) is 18.9 Å². The Balaban J connectivity index is 1.95. The van der Waals surface area contributed by atoms with E-state index >= 15 is 0 Å². The fourth-order valence-corrected chi connectivity index (χ4v) is 3.55. The molecule has 1 aliphatic heterocycles. The summed E-state index contributed by atoms with van der Waals surface area (Å²) < 4.78 is 22.7. The first-order valence-electron chi connectivity index (χ1n) is 9.88. The number of aliphatic hydroxyl groups is 1. The average Bonchev–Trinajstić information content (AvgIpc) is 2.71. The molecule has 5 heteroatoms. The van der Waals surface area contributed by atoms with Gasteiger partial charge in [-0.05, 0) is 50.6 Å². The van der Waals surface area contributed by atoms with Crippen LogP contribution in [0.4, 0.5) is 0 Å². The van der Waals surface area contributed by atoms with Gasteiger partial charge in [0.15, 0.2) is 11.5 Å². The molecule has 2 aromatic rings. The Hall–Kier alpha value is -2.66. The van der Waals surface area contributed by atoms with Crippen molar-refractivity contribution in [3.05, 3.63) is 53.1 Å². The maximum atomic E-state index is 11.1. The smallest absolute Gasteiger partial charge is 0.164 e. The highest BCUT2D eigenvalue weighted by atomic mass is 16.5. The van der Waals surface area contributed by atoms with E-state index in [2.05, 4.69) is 0 Å². The Bertz CT molecular complexity index is 900. The second-order valence-electron chi connectivity index (χ2n) is 7.75. The molecule has 2 aromatic carbocycles. The molecule has 1 N–H and O–H groups in total. The van der Waals surface area contributed by atoms with Crippen molar-refractivity contribution in [3.63, 3.8) is 0 Å².